The zero-order valence-electron chi connectivity index (χ0n) is 13.4. The number of nitrogens with one attached hydrogen (secondary N) is 2. The first-order valence-electron chi connectivity index (χ1n) is 7.50. The Morgan fingerprint density at radius 1 is 1.16 bits per heavy atom. The molecule has 3 rings (SSSR count). The third-order valence-electron chi connectivity index (χ3n) is 3.93. The molecule has 0 bridgehead atoms. The van der Waals surface area contributed by atoms with Gasteiger partial charge >= 0.3 is 5.69 Å². The normalized spacial score (nSPS) is 16.0. The number of carbonyl (C=O) groups excluding carboxylic acids is 1. The van der Waals surface area contributed by atoms with E-state index in [0.29, 0.717) is 5.75 Å². The number of benzene rings is 1. The van der Waals surface area contributed by atoms with Crippen LogP contribution in [0.25, 0.3) is 0 Å². The van der Waals surface area contributed by atoms with Crippen molar-refractivity contribution in [3.05, 3.63) is 40.6 Å². The molecule has 0 atom stereocenters. The topological polar surface area (TPSA) is 128 Å². The lowest BCUT2D eigenvalue weighted by atomic mass is 10.3. The fourth-order valence-corrected chi connectivity index (χ4v) is 3.97. The highest BCUT2D eigenvalue weighted by molar-refractivity contribution is 7.89. The number of aromatic amines is 2. The summed E-state index contributed by atoms with van der Waals surface area (Å²) in [6.07, 6.45) is 0. The lowest BCUT2D eigenvalue weighted by Gasteiger charge is -2.33. The van der Waals surface area contributed by atoms with Gasteiger partial charge in [-0.15, -0.1) is 5.10 Å². The minimum absolute atomic E-state index is 0.0866. The number of H-pyrrole nitrogens is 2. The number of hydrogen-bond acceptors (Lipinski definition) is 6. The Morgan fingerprint density at radius 3 is 2.32 bits per heavy atom. The largest absolute Gasteiger partial charge is 0.497 e. The van der Waals surface area contributed by atoms with Gasteiger partial charge in [0.1, 0.15) is 5.75 Å². The van der Waals surface area contributed by atoms with Crippen LogP contribution < -0.4 is 10.4 Å². The zero-order chi connectivity index (χ0) is 18.0. The van der Waals surface area contributed by atoms with Gasteiger partial charge in [-0.25, -0.2) is 18.3 Å². The maximum absolute atomic E-state index is 12.7. The van der Waals surface area contributed by atoms with Crippen molar-refractivity contribution in [2.45, 2.75) is 4.90 Å². The molecule has 11 heteroatoms. The second-order valence-corrected chi connectivity index (χ2v) is 7.34. The van der Waals surface area contributed by atoms with Crippen LogP contribution in [0, 0.1) is 0 Å². The van der Waals surface area contributed by atoms with E-state index in [0.717, 1.165) is 0 Å². The number of rotatable bonds is 4. The number of methoxy groups -OCH3 is 1. The molecule has 1 fully saturated rings. The van der Waals surface area contributed by atoms with Crippen LogP contribution in [0.1, 0.15) is 10.6 Å². The van der Waals surface area contributed by atoms with E-state index in [-0.39, 0.29) is 36.9 Å². The van der Waals surface area contributed by atoms with Gasteiger partial charge in [-0.2, -0.15) is 4.31 Å². The molecule has 2 aromatic rings. The van der Waals surface area contributed by atoms with Crippen LogP contribution in [0.5, 0.6) is 5.75 Å². The van der Waals surface area contributed by atoms with Gasteiger partial charge in [0.05, 0.1) is 12.0 Å². The number of aromatic nitrogens is 3. The molecule has 1 aromatic carbocycles. The fourth-order valence-electron chi connectivity index (χ4n) is 2.55. The van der Waals surface area contributed by atoms with E-state index < -0.39 is 21.6 Å². The van der Waals surface area contributed by atoms with Gasteiger partial charge < -0.3 is 9.64 Å². The highest BCUT2D eigenvalue weighted by Gasteiger charge is 2.31. The number of hydrogen-bond donors (Lipinski definition) is 2. The molecule has 0 unspecified atom stereocenters. The molecule has 0 saturated carbocycles. The van der Waals surface area contributed by atoms with Gasteiger partial charge in [0.25, 0.3) is 5.91 Å². The summed E-state index contributed by atoms with van der Waals surface area (Å²) >= 11 is 0. The average molecular weight is 367 g/mol. The standard InChI is InChI=1S/C14H17N5O5S/c1-24-10-2-4-11(5-3-10)25(22,23)19-8-6-18(7-9-19)13(20)12-15-14(21)17-16-12/h2-5H,6-9H2,1H3,(H2,15,16,17,21). The molecule has 10 nitrogen and oxygen atoms in total. The van der Waals surface area contributed by atoms with E-state index in [1.165, 1.54) is 28.4 Å². The van der Waals surface area contributed by atoms with E-state index in [1.54, 1.807) is 12.1 Å². The molecule has 0 spiro atoms. The summed E-state index contributed by atoms with van der Waals surface area (Å²) in [7, 11) is -2.13. The molecular formula is C14H17N5O5S. The minimum Gasteiger partial charge on any atom is -0.497 e. The van der Waals surface area contributed by atoms with Crippen LogP contribution in [-0.4, -0.2) is 72.0 Å². The second-order valence-electron chi connectivity index (χ2n) is 5.40. The Balaban J connectivity index is 1.68. The van der Waals surface area contributed by atoms with Crippen molar-refractivity contribution in [2.24, 2.45) is 0 Å². The molecule has 1 aliphatic rings. The van der Waals surface area contributed by atoms with Crippen LogP contribution in [0.3, 0.4) is 0 Å². The van der Waals surface area contributed by atoms with Crippen LogP contribution in [-0.2, 0) is 10.0 Å². The maximum atomic E-state index is 12.7. The van der Waals surface area contributed by atoms with Crippen molar-refractivity contribution in [1.29, 1.82) is 0 Å². The first-order chi connectivity index (χ1) is 11.9. The third-order valence-corrected chi connectivity index (χ3v) is 5.84. The number of piperazine rings is 1. The van der Waals surface area contributed by atoms with E-state index in [1.807, 2.05) is 0 Å². The Morgan fingerprint density at radius 2 is 1.80 bits per heavy atom. The minimum atomic E-state index is -3.64. The van der Waals surface area contributed by atoms with Gasteiger partial charge in [0, 0.05) is 26.2 Å². The van der Waals surface area contributed by atoms with Crippen molar-refractivity contribution in [1.82, 2.24) is 24.4 Å². The predicted octanol–water partition coefficient (Wildman–Crippen LogP) is -0.747. The fraction of sp³-hybridized carbons (Fsp3) is 0.357. The summed E-state index contributed by atoms with van der Waals surface area (Å²) in [6.45, 7) is 0.746. The molecule has 134 valence electrons. The number of sulfonamides is 1. The number of carbonyl (C=O) groups is 1. The number of nitrogens with zero attached hydrogens (tertiary/aromatic N) is 3. The highest BCUT2D eigenvalue weighted by atomic mass is 32.2. The molecule has 2 N–H and O–H groups in total. The van der Waals surface area contributed by atoms with Gasteiger partial charge in [-0.3, -0.25) is 9.78 Å². The summed E-state index contributed by atoms with van der Waals surface area (Å²) < 4.78 is 31.7. The Hall–Kier alpha value is -2.66. The lowest BCUT2D eigenvalue weighted by molar-refractivity contribution is 0.0686. The van der Waals surface area contributed by atoms with E-state index in [4.69, 9.17) is 4.74 Å². The van der Waals surface area contributed by atoms with Gasteiger partial charge in [0.15, 0.2) is 0 Å². The lowest BCUT2D eigenvalue weighted by Crippen LogP contribution is -2.50. The van der Waals surface area contributed by atoms with Gasteiger partial charge in [-0.05, 0) is 24.3 Å². The third kappa shape index (κ3) is 3.42. The Labute approximate surface area is 143 Å². The molecule has 1 aliphatic heterocycles. The van der Waals surface area contributed by atoms with Crippen LogP contribution in [0.15, 0.2) is 34.0 Å². The maximum Gasteiger partial charge on any atom is 0.341 e. The quantitative estimate of drug-likeness (QED) is 0.732. The molecule has 1 amide bonds. The van der Waals surface area contributed by atoms with E-state index in [2.05, 4.69) is 15.2 Å². The number of ether oxygens (including phenoxy) is 1. The summed E-state index contributed by atoms with van der Waals surface area (Å²) in [5, 5.41) is 5.72. The molecule has 0 radical (unpaired) electrons. The molecule has 1 aromatic heterocycles. The van der Waals surface area contributed by atoms with E-state index >= 15 is 0 Å². The summed E-state index contributed by atoms with van der Waals surface area (Å²) in [5.74, 6) is 0.0404. The summed E-state index contributed by atoms with van der Waals surface area (Å²) in [5.41, 5.74) is -0.566. The van der Waals surface area contributed by atoms with Crippen LogP contribution >= 0.6 is 0 Å². The molecule has 2 heterocycles. The van der Waals surface area contributed by atoms with E-state index in [9.17, 15) is 18.0 Å². The zero-order valence-corrected chi connectivity index (χ0v) is 14.2. The number of amides is 1. The van der Waals surface area contributed by atoms with Crippen molar-refractivity contribution >= 4 is 15.9 Å². The monoisotopic (exact) mass is 367 g/mol. The summed E-state index contributed by atoms with van der Waals surface area (Å²) in [4.78, 5) is 27.1. The van der Waals surface area contributed by atoms with Crippen molar-refractivity contribution in [2.75, 3.05) is 33.3 Å². The second kappa shape index (κ2) is 6.69. The predicted molar refractivity (Wildman–Crippen MR) is 86.9 cm³/mol. The summed E-state index contributed by atoms with van der Waals surface area (Å²) in [6, 6.07) is 6.14. The molecular weight excluding hydrogens is 350 g/mol. The Bertz CT molecular complexity index is 910. The van der Waals surface area contributed by atoms with Crippen LogP contribution in [0.2, 0.25) is 0 Å². The molecule has 25 heavy (non-hydrogen) atoms. The first kappa shape index (κ1) is 17.2. The van der Waals surface area contributed by atoms with Crippen molar-refractivity contribution in [3.63, 3.8) is 0 Å². The smallest absolute Gasteiger partial charge is 0.341 e. The van der Waals surface area contributed by atoms with Crippen molar-refractivity contribution in [3.8, 4) is 5.75 Å². The van der Waals surface area contributed by atoms with Crippen molar-refractivity contribution < 1.29 is 17.9 Å². The highest BCUT2D eigenvalue weighted by Crippen LogP contribution is 2.20. The van der Waals surface area contributed by atoms with Gasteiger partial charge in [0.2, 0.25) is 15.8 Å². The molecule has 1 saturated heterocycles. The Kier molecular flexibility index (Phi) is 4.59. The SMILES string of the molecule is COc1ccc(S(=O)(=O)N2CCN(C(=O)c3n[nH]c(=O)[nH]3)CC2)cc1. The average Bonchev–Trinajstić information content (AvgIpc) is 3.07. The molecule has 0 aliphatic carbocycles. The van der Waals surface area contributed by atoms with Crippen LogP contribution in [0.4, 0.5) is 0 Å². The van der Waals surface area contributed by atoms with Gasteiger partial charge in [-0.1, -0.05) is 0 Å². The first-order valence-corrected chi connectivity index (χ1v) is 8.94.